The van der Waals surface area contributed by atoms with Gasteiger partial charge in [0.05, 0.1) is 17.7 Å². The summed E-state index contributed by atoms with van der Waals surface area (Å²) in [5.74, 6) is -0.704. The van der Waals surface area contributed by atoms with Gasteiger partial charge in [-0.05, 0) is 66.9 Å². The number of ether oxygens (including phenoxy) is 1. The van der Waals surface area contributed by atoms with Gasteiger partial charge in [-0.3, -0.25) is 13.9 Å². The standard InChI is InChI=1S/C29H34FN3O5S/c1-21(2)18-31-29(35)22(3)32(19-23-10-12-24(30)13-11-23)28(34)20-33(25-8-6-5-7-9-25)39(36,37)27-16-14-26(38-4)15-17-27/h5-17,21-22H,18-20H2,1-4H3,(H,31,35)/t22-/m1/s1. The van der Waals surface area contributed by atoms with Crippen LogP contribution in [0.4, 0.5) is 10.1 Å². The van der Waals surface area contributed by atoms with Gasteiger partial charge >= 0.3 is 0 Å². The van der Waals surface area contributed by atoms with Crippen molar-refractivity contribution in [2.75, 3.05) is 24.5 Å². The average Bonchev–Trinajstić information content (AvgIpc) is 2.94. The molecule has 0 aliphatic rings. The van der Waals surface area contributed by atoms with Gasteiger partial charge in [0.15, 0.2) is 0 Å². The Hall–Kier alpha value is -3.92. The molecule has 0 aromatic heterocycles. The quantitative estimate of drug-likeness (QED) is 0.361. The summed E-state index contributed by atoms with van der Waals surface area (Å²) in [6.45, 7) is 5.34. The minimum absolute atomic E-state index is 0.0133. The number of amides is 2. The van der Waals surface area contributed by atoms with Crippen molar-refractivity contribution < 1.29 is 27.1 Å². The Balaban J connectivity index is 1.98. The van der Waals surface area contributed by atoms with Crippen molar-refractivity contribution in [3.05, 3.63) is 90.2 Å². The molecule has 1 N–H and O–H groups in total. The number of anilines is 1. The first-order valence-corrected chi connectivity index (χ1v) is 14.0. The van der Waals surface area contributed by atoms with E-state index >= 15 is 0 Å². The predicted molar refractivity (Wildman–Crippen MR) is 148 cm³/mol. The molecule has 1 atom stereocenters. The largest absolute Gasteiger partial charge is 0.497 e. The van der Waals surface area contributed by atoms with Crippen molar-refractivity contribution in [1.29, 1.82) is 0 Å². The van der Waals surface area contributed by atoms with Crippen LogP contribution in [-0.4, -0.2) is 51.4 Å². The van der Waals surface area contributed by atoms with Crippen molar-refractivity contribution in [3.8, 4) is 5.75 Å². The summed E-state index contributed by atoms with van der Waals surface area (Å²) in [5.41, 5.74) is 0.887. The van der Waals surface area contributed by atoms with Crippen LogP contribution in [0.2, 0.25) is 0 Å². The molecular weight excluding hydrogens is 521 g/mol. The van der Waals surface area contributed by atoms with E-state index in [9.17, 15) is 22.4 Å². The Kier molecular flexibility index (Phi) is 10.1. The molecule has 0 radical (unpaired) electrons. The molecule has 0 spiro atoms. The summed E-state index contributed by atoms with van der Waals surface area (Å²) in [6, 6.07) is 18.8. The number of para-hydroxylation sites is 1. The smallest absolute Gasteiger partial charge is 0.264 e. The highest BCUT2D eigenvalue weighted by Crippen LogP contribution is 2.25. The first-order valence-electron chi connectivity index (χ1n) is 12.6. The molecule has 0 aliphatic carbocycles. The van der Waals surface area contributed by atoms with Crippen LogP contribution < -0.4 is 14.4 Å². The van der Waals surface area contributed by atoms with Crippen molar-refractivity contribution in [2.24, 2.45) is 5.92 Å². The molecule has 0 bridgehead atoms. The van der Waals surface area contributed by atoms with Gasteiger partial charge in [-0.1, -0.05) is 44.2 Å². The van der Waals surface area contributed by atoms with Gasteiger partial charge in [-0.15, -0.1) is 0 Å². The third-order valence-electron chi connectivity index (χ3n) is 6.09. The van der Waals surface area contributed by atoms with E-state index in [0.29, 0.717) is 23.5 Å². The summed E-state index contributed by atoms with van der Waals surface area (Å²) >= 11 is 0. The highest BCUT2D eigenvalue weighted by molar-refractivity contribution is 7.92. The second-order valence-electron chi connectivity index (χ2n) is 9.49. The maximum Gasteiger partial charge on any atom is 0.264 e. The lowest BCUT2D eigenvalue weighted by Crippen LogP contribution is -2.51. The Morgan fingerprint density at radius 2 is 1.54 bits per heavy atom. The van der Waals surface area contributed by atoms with Crippen molar-refractivity contribution in [2.45, 2.75) is 38.3 Å². The molecule has 3 aromatic carbocycles. The number of nitrogens with zero attached hydrogens (tertiary/aromatic N) is 2. The molecule has 0 aliphatic heterocycles. The van der Waals surface area contributed by atoms with Crippen LogP contribution in [0.3, 0.4) is 0 Å². The highest BCUT2D eigenvalue weighted by atomic mass is 32.2. The van der Waals surface area contributed by atoms with Gasteiger partial charge in [-0.2, -0.15) is 0 Å². The molecular formula is C29H34FN3O5S. The van der Waals surface area contributed by atoms with E-state index in [1.54, 1.807) is 37.3 Å². The number of sulfonamides is 1. The number of carbonyl (C=O) groups excluding carboxylic acids is 2. The third kappa shape index (κ3) is 7.79. The second-order valence-corrected chi connectivity index (χ2v) is 11.3. The van der Waals surface area contributed by atoms with E-state index in [1.165, 1.54) is 60.5 Å². The van der Waals surface area contributed by atoms with Gasteiger partial charge in [-0.25, -0.2) is 12.8 Å². The van der Waals surface area contributed by atoms with Gasteiger partial charge in [0, 0.05) is 13.1 Å². The highest BCUT2D eigenvalue weighted by Gasteiger charge is 2.32. The van der Waals surface area contributed by atoms with Crippen molar-refractivity contribution in [1.82, 2.24) is 10.2 Å². The maximum atomic E-state index is 13.8. The van der Waals surface area contributed by atoms with Crippen LogP contribution in [0, 0.1) is 11.7 Å². The summed E-state index contributed by atoms with van der Waals surface area (Å²) in [7, 11) is -2.69. The van der Waals surface area contributed by atoms with Crippen LogP contribution in [-0.2, 0) is 26.2 Å². The molecule has 3 aromatic rings. The summed E-state index contributed by atoms with van der Waals surface area (Å²) < 4.78 is 47.2. The molecule has 0 fully saturated rings. The zero-order valence-electron chi connectivity index (χ0n) is 22.5. The minimum atomic E-state index is -4.17. The van der Waals surface area contributed by atoms with Crippen LogP contribution in [0.15, 0.2) is 83.8 Å². The molecule has 2 amide bonds. The molecule has 208 valence electrons. The number of hydrogen-bond acceptors (Lipinski definition) is 5. The summed E-state index contributed by atoms with van der Waals surface area (Å²) in [4.78, 5) is 28.1. The number of rotatable bonds is 12. The van der Waals surface area contributed by atoms with E-state index in [0.717, 1.165) is 4.31 Å². The molecule has 10 heteroatoms. The van der Waals surface area contributed by atoms with Gasteiger partial charge in [0.25, 0.3) is 10.0 Å². The van der Waals surface area contributed by atoms with Gasteiger partial charge < -0.3 is 15.0 Å². The molecule has 0 saturated heterocycles. The topological polar surface area (TPSA) is 96.0 Å². The molecule has 0 saturated carbocycles. The van der Waals surface area contributed by atoms with E-state index in [-0.39, 0.29) is 23.3 Å². The zero-order valence-corrected chi connectivity index (χ0v) is 23.3. The van der Waals surface area contributed by atoms with E-state index in [4.69, 9.17) is 4.74 Å². The van der Waals surface area contributed by atoms with E-state index < -0.39 is 34.3 Å². The monoisotopic (exact) mass is 555 g/mol. The zero-order chi connectivity index (χ0) is 28.6. The van der Waals surface area contributed by atoms with E-state index in [2.05, 4.69) is 5.32 Å². The molecule has 3 rings (SSSR count). The number of nitrogens with one attached hydrogen (secondary N) is 1. The first-order chi connectivity index (χ1) is 18.5. The SMILES string of the molecule is COc1ccc(S(=O)(=O)N(CC(=O)N(Cc2ccc(F)cc2)[C@H](C)C(=O)NCC(C)C)c2ccccc2)cc1. The Morgan fingerprint density at radius 1 is 0.923 bits per heavy atom. The van der Waals surface area contributed by atoms with Crippen LogP contribution in [0.25, 0.3) is 0 Å². The lowest BCUT2D eigenvalue weighted by molar-refractivity contribution is -0.139. The predicted octanol–water partition coefficient (Wildman–Crippen LogP) is 4.22. The summed E-state index contributed by atoms with van der Waals surface area (Å²) in [5, 5.41) is 2.83. The number of benzene rings is 3. The fourth-order valence-electron chi connectivity index (χ4n) is 3.82. The maximum absolute atomic E-state index is 13.8. The average molecular weight is 556 g/mol. The Morgan fingerprint density at radius 3 is 2.10 bits per heavy atom. The molecule has 0 unspecified atom stereocenters. The van der Waals surface area contributed by atoms with Crippen LogP contribution >= 0.6 is 0 Å². The Labute approximate surface area is 229 Å². The number of carbonyl (C=O) groups is 2. The lowest BCUT2D eigenvalue weighted by atomic mass is 10.1. The lowest BCUT2D eigenvalue weighted by Gasteiger charge is -2.32. The third-order valence-corrected chi connectivity index (χ3v) is 7.88. The molecule has 39 heavy (non-hydrogen) atoms. The number of hydrogen-bond donors (Lipinski definition) is 1. The van der Waals surface area contributed by atoms with E-state index in [1.807, 2.05) is 13.8 Å². The number of halogens is 1. The fourth-order valence-corrected chi connectivity index (χ4v) is 5.23. The Bertz CT molecular complexity index is 1350. The van der Waals surface area contributed by atoms with Gasteiger partial charge in [0.2, 0.25) is 11.8 Å². The second kappa shape index (κ2) is 13.2. The van der Waals surface area contributed by atoms with Crippen LogP contribution in [0.1, 0.15) is 26.3 Å². The van der Waals surface area contributed by atoms with Crippen molar-refractivity contribution >= 4 is 27.5 Å². The van der Waals surface area contributed by atoms with Crippen LogP contribution in [0.5, 0.6) is 5.75 Å². The first kappa shape index (κ1) is 29.6. The van der Waals surface area contributed by atoms with Gasteiger partial charge in [0.1, 0.15) is 24.2 Å². The van der Waals surface area contributed by atoms with Crippen molar-refractivity contribution in [3.63, 3.8) is 0 Å². The molecule has 0 heterocycles. The summed E-state index contributed by atoms with van der Waals surface area (Å²) in [6.07, 6.45) is 0. The molecule has 8 nitrogen and oxygen atoms in total. The number of methoxy groups -OCH3 is 1. The minimum Gasteiger partial charge on any atom is -0.497 e. The normalized spacial score (nSPS) is 12.1. The fraction of sp³-hybridized carbons (Fsp3) is 0.310.